The summed E-state index contributed by atoms with van der Waals surface area (Å²) in [5, 5.41) is 5.66. The highest BCUT2D eigenvalue weighted by Gasteiger charge is 2.36. The summed E-state index contributed by atoms with van der Waals surface area (Å²) in [7, 11) is 0. The maximum Gasteiger partial charge on any atom is 0.423 e. The zero-order valence-corrected chi connectivity index (χ0v) is 18.9. The molecule has 0 aliphatic rings. The van der Waals surface area contributed by atoms with E-state index < -0.39 is 34.6 Å². The van der Waals surface area contributed by atoms with Crippen LogP contribution in [-0.2, 0) is 12.7 Å². The molecule has 3 aromatic heterocycles. The fourth-order valence-corrected chi connectivity index (χ4v) is 3.34. The summed E-state index contributed by atoms with van der Waals surface area (Å²) in [4.78, 5) is 30.6. The number of rotatable bonds is 5. The first-order chi connectivity index (χ1) is 17.0. The van der Waals surface area contributed by atoms with E-state index in [0.29, 0.717) is 17.3 Å². The smallest absolute Gasteiger partial charge is 0.397 e. The SMILES string of the molecule is CCCCCn1ccc2cc(-c3ncc(F)cn3)c(F)cc2c1=O.Nc1cn[nH]c(=O)c1C(F)(F)F. The first kappa shape index (κ1) is 26.4. The molecule has 4 rings (SSSR count). The van der Waals surface area contributed by atoms with Gasteiger partial charge in [-0.1, -0.05) is 19.8 Å². The van der Waals surface area contributed by atoms with Gasteiger partial charge in [-0.25, -0.2) is 23.8 Å². The van der Waals surface area contributed by atoms with Gasteiger partial charge in [0.1, 0.15) is 11.4 Å². The second-order valence-electron chi connectivity index (χ2n) is 7.69. The molecule has 0 radical (unpaired) electrons. The van der Waals surface area contributed by atoms with Crippen LogP contribution < -0.4 is 16.9 Å². The maximum atomic E-state index is 14.4. The van der Waals surface area contributed by atoms with E-state index in [-0.39, 0.29) is 16.9 Å². The Morgan fingerprint density at radius 1 is 1.06 bits per heavy atom. The Bertz CT molecular complexity index is 1470. The Morgan fingerprint density at radius 2 is 1.75 bits per heavy atom. The van der Waals surface area contributed by atoms with E-state index in [0.717, 1.165) is 37.9 Å². The van der Waals surface area contributed by atoms with Crippen LogP contribution >= 0.6 is 0 Å². The number of hydrogen-bond acceptors (Lipinski definition) is 6. The van der Waals surface area contributed by atoms with Crippen LogP contribution in [0.3, 0.4) is 0 Å². The number of nitrogens with zero attached hydrogens (tertiary/aromatic N) is 4. The van der Waals surface area contributed by atoms with Gasteiger partial charge >= 0.3 is 6.18 Å². The summed E-state index contributed by atoms with van der Waals surface area (Å²) in [5.74, 6) is -1.10. The molecule has 0 fully saturated rings. The predicted molar refractivity (Wildman–Crippen MR) is 123 cm³/mol. The molecule has 190 valence electrons. The van der Waals surface area contributed by atoms with Crippen molar-refractivity contribution in [3.8, 4) is 11.4 Å². The van der Waals surface area contributed by atoms with E-state index in [1.165, 1.54) is 12.1 Å². The average Bonchev–Trinajstić information content (AvgIpc) is 2.81. The average molecular weight is 508 g/mol. The number of aromatic amines is 1. The van der Waals surface area contributed by atoms with Crippen molar-refractivity contribution >= 4 is 16.5 Å². The molecule has 0 unspecified atom stereocenters. The molecule has 36 heavy (non-hydrogen) atoms. The summed E-state index contributed by atoms with van der Waals surface area (Å²) in [6, 6.07) is 4.50. The van der Waals surface area contributed by atoms with Crippen LogP contribution in [-0.4, -0.2) is 24.7 Å². The molecule has 0 aliphatic carbocycles. The van der Waals surface area contributed by atoms with Crippen LogP contribution in [0, 0.1) is 11.6 Å². The Labute approximate surface area is 200 Å². The van der Waals surface area contributed by atoms with Gasteiger partial charge in [-0.2, -0.15) is 18.3 Å². The number of pyridine rings is 1. The molecule has 13 heteroatoms. The number of nitrogens with one attached hydrogen (secondary N) is 1. The van der Waals surface area contributed by atoms with Crippen molar-refractivity contribution in [1.29, 1.82) is 0 Å². The lowest BCUT2D eigenvalue weighted by atomic mass is 10.1. The zero-order chi connectivity index (χ0) is 26.5. The van der Waals surface area contributed by atoms with Gasteiger partial charge in [-0.15, -0.1) is 0 Å². The molecule has 1 aromatic carbocycles. The second kappa shape index (κ2) is 11.1. The van der Waals surface area contributed by atoms with Crippen molar-refractivity contribution in [2.45, 2.75) is 38.9 Å². The first-order valence-corrected chi connectivity index (χ1v) is 10.7. The Balaban J connectivity index is 0.000000253. The third-order valence-corrected chi connectivity index (χ3v) is 5.10. The molecular weight excluding hydrogens is 487 g/mol. The minimum Gasteiger partial charge on any atom is -0.397 e. The van der Waals surface area contributed by atoms with Gasteiger partial charge in [0, 0.05) is 12.7 Å². The molecule has 0 saturated carbocycles. The number of alkyl halides is 3. The van der Waals surface area contributed by atoms with Gasteiger partial charge in [0.2, 0.25) is 0 Å². The van der Waals surface area contributed by atoms with E-state index in [2.05, 4.69) is 22.0 Å². The lowest BCUT2D eigenvalue weighted by molar-refractivity contribution is -0.138. The largest absolute Gasteiger partial charge is 0.423 e. The van der Waals surface area contributed by atoms with Crippen LogP contribution in [0.5, 0.6) is 0 Å². The Kier molecular flexibility index (Phi) is 8.12. The number of hydrogen-bond donors (Lipinski definition) is 2. The molecule has 0 amide bonds. The summed E-state index contributed by atoms with van der Waals surface area (Å²) >= 11 is 0. The number of unbranched alkanes of at least 4 members (excludes halogenated alkanes) is 2. The van der Waals surface area contributed by atoms with Crippen molar-refractivity contribution in [3.63, 3.8) is 0 Å². The highest BCUT2D eigenvalue weighted by atomic mass is 19.4. The number of benzene rings is 1. The van der Waals surface area contributed by atoms with E-state index in [4.69, 9.17) is 5.73 Å². The molecule has 3 heterocycles. The molecule has 3 N–H and O–H groups in total. The monoisotopic (exact) mass is 508 g/mol. The van der Waals surface area contributed by atoms with Gasteiger partial charge in [0.05, 0.1) is 35.2 Å². The highest BCUT2D eigenvalue weighted by Crippen LogP contribution is 2.29. The molecule has 8 nitrogen and oxygen atoms in total. The Morgan fingerprint density at radius 3 is 2.33 bits per heavy atom. The van der Waals surface area contributed by atoms with Gasteiger partial charge < -0.3 is 10.3 Å². The number of aromatic nitrogens is 5. The summed E-state index contributed by atoms with van der Waals surface area (Å²) in [6.45, 7) is 2.71. The number of nitrogen functional groups attached to an aromatic ring is 1. The normalized spacial score (nSPS) is 11.3. The van der Waals surface area contributed by atoms with Crippen LogP contribution in [0.15, 0.2) is 52.6 Å². The summed E-state index contributed by atoms with van der Waals surface area (Å²) < 4.78 is 64.9. The number of aryl methyl sites for hydroxylation is 1. The maximum absolute atomic E-state index is 14.4. The van der Waals surface area contributed by atoms with Crippen LogP contribution in [0.4, 0.5) is 27.6 Å². The summed E-state index contributed by atoms with van der Waals surface area (Å²) in [5.41, 5.74) is 1.42. The fraction of sp³-hybridized carbons (Fsp3) is 0.261. The quantitative estimate of drug-likeness (QED) is 0.307. The molecule has 0 saturated heterocycles. The second-order valence-corrected chi connectivity index (χ2v) is 7.69. The molecule has 0 bridgehead atoms. The third kappa shape index (κ3) is 6.09. The van der Waals surface area contributed by atoms with Crippen molar-refractivity contribution in [3.05, 3.63) is 80.9 Å². The summed E-state index contributed by atoms with van der Waals surface area (Å²) in [6.07, 6.45) is 2.71. The molecule has 0 aliphatic heterocycles. The fourth-order valence-electron chi connectivity index (χ4n) is 3.34. The van der Waals surface area contributed by atoms with Crippen molar-refractivity contribution in [2.24, 2.45) is 0 Å². The first-order valence-electron chi connectivity index (χ1n) is 10.7. The van der Waals surface area contributed by atoms with Gasteiger partial charge in [0.25, 0.3) is 11.1 Å². The lowest BCUT2D eigenvalue weighted by Crippen LogP contribution is -2.24. The van der Waals surface area contributed by atoms with Gasteiger partial charge in [0.15, 0.2) is 11.6 Å². The van der Waals surface area contributed by atoms with Crippen molar-refractivity contribution in [1.82, 2.24) is 24.7 Å². The topological polar surface area (TPSA) is 120 Å². The van der Waals surface area contributed by atoms with Gasteiger partial charge in [-0.05, 0) is 30.0 Å². The molecule has 4 aromatic rings. The zero-order valence-electron chi connectivity index (χ0n) is 18.9. The standard InChI is InChI=1S/C18H17F2N3O.C5H4F3N3O/c1-2-3-4-6-23-7-5-12-8-15(16(20)9-14(12)18(23)24)17-21-10-13(19)11-22-17;6-5(7,8)3-2(9)1-10-11-4(3)12/h5,7-11H,2-4,6H2,1H3;1H,(H3,9,11,12). The highest BCUT2D eigenvalue weighted by molar-refractivity contribution is 5.85. The minimum atomic E-state index is -4.74. The van der Waals surface area contributed by atoms with Crippen molar-refractivity contribution in [2.75, 3.05) is 5.73 Å². The lowest BCUT2D eigenvalue weighted by Gasteiger charge is -2.09. The van der Waals surface area contributed by atoms with Crippen LogP contribution in [0.25, 0.3) is 22.2 Å². The Hall–Kier alpha value is -4.16. The van der Waals surface area contributed by atoms with E-state index in [9.17, 15) is 31.5 Å². The van der Waals surface area contributed by atoms with E-state index in [1.54, 1.807) is 21.9 Å². The third-order valence-electron chi connectivity index (χ3n) is 5.10. The molecule has 0 atom stereocenters. The van der Waals surface area contributed by atoms with E-state index >= 15 is 0 Å². The number of H-pyrrole nitrogens is 1. The molecule has 0 spiro atoms. The minimum absolute atomic E-state index is 0.0860. The van der Waals surface area contributed by atoms with E-state index in [1.807, 2.05) is 0 Å². The van der Waals surface area contributed by atoms with Crippen molar-refractivity contribution < 1.29 is 22.0 Å². The van der Waals surface area contributed by atoms with Crippen LogP contribution in [0.2, 0.25) is 0 Å². The van der Waals surface area contributed by atoms with Gasteiger partial charge in [-0.3, -0.25) is 9.59 Å². The number of halogens is 5. The van der Waals surface area contributed by atoms with Crippen LogP contribution in [0.1, 0.15) is 31.7 Å². The predicted octanol–water partition coefficient (Wildman–Crippen LogP) is 4.30. The number of nitrogens with two attached hydrogens (primary N) is 1. The number of fused-ring (bicyclic) bond motifs is 1. The number of anilines is 1. The molecular formula is C23H21F5N6O2.